The van der Waals surface area contributed by atoms with Gasteiger partial charge in [0.2, 0.25) is 0 Å². The molecule has 1 aromatic carbocycles. The monoisotopic (exact) mass is 278 g/mol. The fourth-order valence-electron chi connectivity index (χ4n) is 2.97. The second kappa shape index (κ2) is 6.67. The summed E-state index contributed by atoms with van der Waals surface area (Å²) in [5.41, 5.74) is 3.81. The van der Waals surface area contributed by atoms with Gasteiger partial charge in [-0.25, -0.2) is 0 Å². The van der Waals surface area contributed by atoms with Crippen LogP contribution in [0.1, 0.15) is 31.2 Å². The number of nitrogens with zero attached hydrogens (tertiary/aromatic N) is 2. The van der Waals surface area contributed by atoms with Crippen LogP contribution >= 0.6 is 0 Å². The maximum Gasteiger partial charge on any atom is 0.293 e. The number of nitrogen functional groups attached to an aromatic ring is 1. The van der Waals surface area contributed by atoms with Crippen molar-refractivity contribution in [2.24, 2.45) is 11.8 Å². The molecule has 1 aromatic rings. The van der Waals surface area contributed by atoms with E-state index in [4.69, 9.17) is 5.84 Å². The van der Waals surface area contributed by atoms with Crippen molar-refractivity contribution in [2.75, 3.05) is 19.0 Å². The van der Waals surface area contributed by atoms with Gasteiger partial charge in [0.05, 0.1) is 4.92 Å². The molecule has 110 valence electrons. The van der Waals surface area contributed by atoms with Gasteiger partial charge in [-0.15, -0.1) is 0 Å². The number of nitrogens with one attached hydrogen (secondary N) is 1. The van der Waals surface area contributed by atoms with Crippen molar-refractivity contribution in [3.05, 3.63) is 33.9 Å². The molecule has 20 heavy (non-hydrogen) atoms. The average Bonchev–Trinajstić information content (AvgIpc) is 2.90. The molecule has 0 saturated heterocycles. The largest absolute Gasteiger partial charge is 0.318 e. The molecule has 6 heteroatoms. The zero-order valence-electron chi connectivity index (χ0n) is 11.8. The first-order chi connectivity index (χ1) is 9.60. The maximum atomic E-state index is 10.8. The average molecular weight is 278 g/mol. The highest BCUT2D eigenvalue weighted by Crippen LogP contribution is 2.27. The third-order valence-electron chi connectivity index (χ3n) is 3.91. The van der Waals surface area contributed by atoms with Crippen molar-refractivity contribution < 1.29 is 4.92 Å². The highest BCUT2D eigenvalue weighted by atomic mass is 16.6. The summed E-state index contributed by atoms with van der Waals surface area (Å²) >= 11 is 0. The Bertz CT molecular complexity index is 472. The molecule has 1 fully saturated rings. The van der Waals surface area contributed by atoms with Gasteiger partial charge in [0.1, 0.15) is 5.69 Å². The highest BCUT2D eigenvalue weighted by molar-refractivity contribution is 5.62. The number of nitro groups is 1. The topological polar surface area (TPSA) is 84.4 Å². The second-order valence-corrected chi connectivity index (χ2v) is 5.60. The van der Waals surface area contributed by atoms with Gasteiger partial charge in [-0.3, -0.25) is 16.0 Å². The van der Waals surface area contributed by atoms with Gasteiger partial charge in [0, 0.05) is 19.2 Å². The standard InChI is InChI=1S/C14H22N4O2/c1-17(9-11-4-2-3-5-11)10-12-6-7-14(18(19)20)13(8-12)16-15/h6-8,11,16H,2-5,9-10,15H2,1H3. The smallest absolute Gasteiger partial charge is 0.293 e. The molecule has 0 aromatic heterocycles. The summed E-state index contributed by atoms with van der Waals surface area (Å²) in [6.45, 7) is 1.87. The van der Waals surface area contributed by atoms with Gasteiger partial charge in [-0.1, -0.05) is 18.9 Å². The van der Waals surface area contributed by atoms with E-state index in [2.05, 4.69) is 17.4 Å². The number of benzene rings is 1. The first-order valence-corrected chi connectivity index (χ1v) is 7.02. The van der Waals surface area contributed by atoms with Crippen molar-refractivity contribution in [2.45, 2.75) is 32.2 Å². The molecule has 1 aliphatic carbocycles. The number of hydrogen-bond donors (Lipinski definition) is 2. The highest BCUT2D eigenvalue weighted by Gasteiger charge is 2.18. The van der Waals surface area contributed by atoms with E-state index in [0.717, 1.165) is 24.6 Å². The van der Waals surface area contributed by atoms with Crippen LogP contribution in [0.4, 0.5) is 11.4 Å². The molecule has 3 N–H and O–H groups in total. The summed E-state index contributed by atoms with van der Waals surface area (Å²) in [4.78, 5) is 12.7. The van der Waals surface area contributed by atoms with Crippen molar-refractivity contribution in [3.8, 4) is 0 Å². The van der Waals surface area contributed by atoms with Crippen molar-refractivity contribution in [1.82, 2.24) is 4.90 Å². The third-order valence-corrected chi connectivity index (χ3v) is 3.91. The van der Waals surface area contributed by atoms with Crippen LogP contribution in [0, 0.1) is 16.0 Å². The molecule has 0 bridgehead atoms. The fourth-order valence-corrected chi connectivity index (χ4v) is 2.97. The van der Waals surface area contributed by atoms with E-state index < -0.39 is 4.92 Å². The van der Waals surface area contributed by atoms with E-state index in [1.807, 2.05) is 0 Å². The first-order valence-electron chi connectivity index (χ1n) is 7.02. The molecule has 0 atom stereocenters. The summed E-state index contributed by atoms with van der Waals surface area (Å²) in [7, 11) is 2.09. The van der Waals surface area contributed by atoms with Gasteiger partial charge in [-0.05, 0) is 37.4 Å². The molecule has 0 heterocycles. The van der Waals surface area contributed by atoms with Crippen LogP contribution in [0.15, 0.2) is 18.2 Å². The molecule has 0 radical (unpaired) electrons. The zero-order chi connectivity index (χ0) is 14.5. The SMILES string of the molecule is CN(Cc1ccc([N+](=O)[O-])c(NN)c1)CC1CCCC1. The summed E-state index contributed by atoms with van der Waals surface area (Å²) in [5, 5.41) is 10.8. The summed E-state index contributed by atoms with van der Waals surface area (Å²) in [6, 6.07) is 5.06. The summed E-state index contributed by atoms with van der Waals surface area (Å²) < 4.78 is 0. The Balaban J connectivity index is 1.99. The van der Waals surface area contributed by atoms with Crippen molar-refractivity contribution >= 4 is 11.4 Å². The minimum absolute atomic E-state index is 0.00898. The minimum Gasteiger partial charge on any atom is -0.318 e. The summed E-state index contributed by atoms with van der Waals surface area (Å²) in [6.07, 6.45) is 5.33. The first kappa shape index (κ1) is 14.7. The maximum absolute atomic E-state index is 10.8. The lowest BCUT2D eigenvalue weighted by Crippen LogP contribution is -2.24. The lowest BCUT2D eigenvalue weighted by Gasteiger charge is -2.21. The number of hydrogen-bond acceptors (Lipinski definition) is 5. The Morgan fingerprint density at radius 2 is 2.15 bits per heavy atom. The fraction of sp³-hybridized carbons (Fsp3) is 0.571. The lowest BCUT2D eigenvalue weighted by molar-refractivity contribution is -0.384. The molecule has 6 nitrogen and oxygen atoms in total. The van der Waals surface area contributed by atoms with E-state index in [0.29, 0.717) is 5.69 Å². The number of rotatable bonds is 6. The van der Waals surface area contributed by atoms with E-state index in [1.165, 1.54) is 31.7 Å². The normalized spacial score (nSPS) is 15.8. The Labute approximate surface area is 119 Å². The molecule has 0 spiro atoms. The van der Waals surface area contributed by atoms with Crippen LogP contribution < -0.4 is 11.3 Å². The molecule has 1 aliphatic rings. The van der Waals surface area contributed by atoms with Crippen LogP contribution in [0.3, 0.4) is 0 Å². The van der Waals surface area contributed by atoms with Crippen LogP contribution in [0.5, 0.6) is 0 Å². The number of hydrazine groups is 1. The van der Waals surface area contributed by atoms with Crippen molar-refractivity contribution in [3.63, 3.8) is 0 Å². The van der Waals surface area contributed by atoms with E-state index >= 15 is 0 Å². The number of nitrogens with two attached hydrogens (primary N) is 1. The number of nitro benzene ring substituents is 1. The second-order valence-electron chi connectivity index (χ2n) is 5.60. The number of anilines is 1. The molecular formula is C14H22N4O2. The van der Waals surface area contributed by atoms with E-state index in [-0.39, 0.29) is 5.69 Å². The predicted molar refractivity (Wildman–Crippen MR) is 79.2 cm³/mol. The Morgan fingerprint density at radius 3 is 2.75 bits per heavy atom. The van der Waals surface area contributed by atoms with Crippen LogP contribution in [0.2, 0.25) is 0 Å². The molecule has 1 saturated carbocycles. The molecule has 0 aliphatic heterocycles. The Morgan fingerprint density at radius 1 is 1.45 bits per heavy atom. The molecule has 0 unspecified atom stereocenters. The molecular weight excluding hydrogens is 256 g/mol. The zero-order valence-corrected chi connectivity index (χ0v) is 11.8. The molecule has 0 amide bonds. The van der Waals surface area contributed by atoms with Gasteiger partial charge < -0.3 is 10.3 Å². The molecule has 2 rings (SSSR count). The van der Waals surface area contributed by atoms with Crippen molar-refractivity contribution in [1.29, 1.82) is 0 Å². The Kier molecular flexibility index (Phi) is 4.92. The van der Waals surface area contributed by atoms with Crippen LogP contribution in [0.25, 0.3) is 0 Å². The Hall–Kier alpha value is -1.66. The van der Waals surface area contributed by atoms with Gasteiger partial charge in [-0.2, -0.15) is 0 Å². The van der Waals surface area contributed by atoms with E-state index in [1.54, 1.807) is 12.1 Å². The third kappa shape index (κ3) is 3.68. The van der Waals surface area contributed by atoms with Crippen LogP contribution in [-0.4, -0.2) is 23.4 Å². The van der Waals surface area contributed by atoms with Gasteiger partial charge in [0.15, 0.2) is 0 Å². The van der Waals surface area contributed by atoms with Gasteiger partial charge >= 0.3 is 0 Å². The summed E-state index contributed by atoms with van der Waals surface area (Å²) in [5.74, 6) is 6.15. The van der Waals surface area contributed by atoms with Gasteiger partial charge in [0.25, 0.3) is 5.69 Å². The predicted octanol–water partition coefficient (Wildman–Crippen LogP) is 2.50. The minimum atomic E-state index is -0.429. The lowest BCUT2D eigenvalue weighted by atomic mass is 10.1. The quantitative estimate of drug-likeness (QED) is 0.474. The van der Waals surface area contributed by atoms with Crippen LogP contribution in [-0.2, 0) is 6.54 Å². The van der Waals surface area contributed by atoms with E-state index in [9.17, 15) is 10.1 Å².